The summed E-state index contributed by atoms with van der Waals surface area (Å²) >= 11 is 12.3. The van der Waals surface area contributed by atoms with Gasteiger partial charge in [-0.15, -0.1) is 0 Å². The highest BCUT2D eigenvalue weighted by atomic mass is 35.5. The molecule has 2 amide bonds. The second-order valence-electron chi connectivity index (χ2n) is 8.08. The third-order valence-electron chi connectivity index (χ3n) is 5.43. The number of nitrogens with one attached hydrogen (secondary N) is 1. The fourth-order valence-electron chi connectivity index (χ4n) is 3.64. The highest BCUT2D eigenvalue weighted by Gasteiger charge is 2.28. The molecule has 10 heteroatoms. The molecule has 1 N–H and O–H groups in total. The summed E-state index contributed by atoms with van der Waals surface area (Å²) in [4.78, 5) is 27.3. The number of benzene rings is 2. The molecule has 0 saturated heterocycles. The molecule has 186 valence electrons. The van der Waals surface area contributed by atoms with Crippen molar-refractivity contribution >= 4 is 50.7 Å². The summed E-state index contributed by atoms with van der Waals surface area (Å²) in [6, 6.07) is 11.7. The Labute approximate surface area is 212 Å². The molecule has 0 spiro atoms. The van der Waals surface area contributed by atoms with Crippen molar-refractivity contribution in [3.8, 4) is 0 Å². The first-order valence-corrected chi connectivity index (χ1v) is 13.6. The number of hydrogen-bond acceptors (Lipinski definition) is 4. The number of hydrogen-bond donors (Lipinski definition) is 1. The number of amides is 2. The lowest BCUT2D eigenvalue weighted by atomic mass is 10.1. The fraction of sp³-hybridized carbons (Fsp3) is 0.417. The van der Waals surface area contributed by atoms with Crippen molar-refractivity contribution in [1.29, 1.82) is 0 Å². The van der Waals surface area contributed by atoms with Gasteiger partial charge in [-0.2, -0.15) is 0 Å². The first-order valence-electron chi connectivity index (χ1n) is 11.0. The number of rotatable bonds is 11. The minimum atomic E-state index is -3.67. The van der Waals surface area contributed by atoms with E-state index in [1.165, 1.54) is 19.2 Å². The molecule has 7 nitrogen and oxygen atoms in total. The van der Waals surface area contributed by atoms with Crippen LogP contribution in [0.4, 0.5) is 5.69 Å². The predicted molar refractivity (Wildman–Crippen MR) is 138 cm³/mol. The first kappa shape index (κ1) is 28.0. The topological polar surface area (TPSA) is 86.8 Å². The summed E-state index contributed by atoms with van der Waals surface area (Å²) in [5.74, 6) is -0.479. The molecule has 2 aromatic rings. The largest absolute Gasteiger partial charge is 0.357 e. The predicted octanol–water partition coefficient (Wildman–Crippen LogP) is 4.40. The molecule has 0 fully saturated rings. The summed E-state index contributed by atoms with van der Waals surface area (Å²) in [7, 11) is -2.13. The molecular weight excluding hydrogens is 497 g/mol. The van der Waals surface area contributed by atoms with Gasteiger partial charge in [0.15, 0.2) is 0 Å². The Hall–Kier alpha value is -2.29. The molecule has 0 aliphatic heterocycles. The van der Waals surface area contributed by atoms with Gasteiger partial charge in [-0.1, -0.05) is 60.0 Å². The summed E-state index contributed by atoms with van der Waals surface area (Å²) in [6.07, 6.45) is 1.83. The SMILES string of the molecule is CCC(C(=O)NC)N(Cc1ccc(C)cc1)C(=O)CCCN(c1cc(Cl)ccc1Cl)S(C)(=O)=O. The van der Waals surface area contributed by atoms with Gasteiger partial charge >= 0.3 is 0 Å². The van der Waals surface area contributed by atoms with E-state index in [1.807, 2.05) is 38.1 Å². The fourth-order valence-corrected chi connectivity index (χ4v) is 5.04. The quantitative estimate of drug-likeness (QED) is 0.469. The van der Waals surface area contributed by atoms with Crippen molar-refractivity contribution in [2.75, 3.05) is 24.2 Å². The van der Waals surface area contributed by atoms with E-state index in [4.69, 9.17) is 23.2 Å². The standard InChI is InChI=1S/C24H31Cl2N3O4S/c1-5-21(24(31)27-3)28(16-18-10-8-17(2)9-11-18)23(30)7-6-14-29(34(4,32)33)22-15-19(25)12-13-20(22)26/h8-13,15,21H,5-7,14,16H2,1-4H3,(H,27,31). The molecule has 1 atom stereocenters. The van der Waals surface area contributed by atoms with E-state index in [-0.39, 0.29) is 48.5 Å². The van der Waals surface area contributed by atoms with E-state index in [0.717, 1.165) is 21.7 Å². The first-order chi connectivity index (χ1) is 16.0. The van der Waals surface area contributed by atoms with E-state index in [1.54, 1.807) is 11.0 Å². The van der Waals surface area contributed by atoms with E-state index in [2.05, 4.69) is 5.32 Å². The van der Waals surface area contributed by atoms with Gasteiger partial charge in [0, 0.05) is 31.6 Å². The van der Waals surface area contributed by atoms with E-state index >= 15 is 0 Å². The van der Waals surface area contributed by atoms with Crippen LogP contribution in [-0.2, 0) is 26.2 Å². The lowest BCUT2D eigenvalue weighted by Gasteiger charge is -2.31. The third kappa shape index (κ3) is 7.61. The van der Waals surface area contributed by atoms with Crippen LogP contribution in [0.1, 0.15) is 37.3 Å². The van der Waals surface area contributed by atoms with Gasteiger partial charge in [0.25, 0.3) is 0 Å². The Bertz CT molecular complexity index is 1110. The van der Waals surface area contributed by atoms with Gasteiger partial charge in [0.05, 0.1) is 17.0 Å². The lowest BCUT2D eigenvalue weighted by molar-refractivity contribution is -0.141. The Morgan fingerprint density at radius 1 is 1.09 bits per heavy atom. The van der Waals surface area contributed by atoms with Gasteiger partial charge in [-0.3, -0.25) is 13.9 Å². The highest BCUT2D eigenvalue weighted by molar-refractivity contribution is 7.92. The van der Waals surface area contributed by atoms with Crippen molar-refractivity contribution in [2.45, 2.75) is 45.7 Å². The van der Waals surface area contributed by atoms with Gasteiger partial charge in [-0.25, -0.2) is 8.42 Å². The molecular formula is C24H31Cl2N3O4S. The summed E-state index contributed by atoms with van der Waals surface area (Å²) in [6.45, 7) is 4.15. The molecule has 0 bridgehead atoms. The molecule has 0 aromatic heterocycles. The molecule has 0 heterocycles. The number of halogens is 2. The van der Waals surface area contributed by atoms with Crippen molar-refractivity contribution < 1.29 is 18.0 Å². The summed E-state index contributed by atoms with van der Waals surface area (Å²) < 4.78 is 26.0. The average molecular weight is 529 g/mol. The van der Waals surface area contributed by atoms with Crippen LogP contribution in [0, 0.1) is 6.92 Å². The smallest absolute Gasteiger partial charge is 0.242 e. The summed E-state index contributed by atoms with van der Waals surface area (Å²) in [5, 5.41) is 3.22. The van der Waals surface area contributed by atoms with Crippen LogP contribution in [0.15, 0.2) is 42.5 Å². The maximum absolute atomic E-state index is 13.3. The summed E-state index contributed by atoms with van der Waals surface area (Å²) in [5.41, 5.74) is 2.27. The Kier molecular flexibility index (Phi) is 10.2. The van der Waals surface area contributed by atoms with E-state index < -0.39 is 16.1 Å². The van der Waals surface area contributed by atoms with Gasteiger partial charge in [0.2, 0.25) is 21.8 Å². The van der Waals surface area contributed by atoms with Crippen LogP contribution in [0.25, 0.3) is 0 Å². The molecule has 2 rings (SSSR count). The lowest BCUT2D eigenvalue weighted by Crippen LogP contribution is -2.48. The van der Waals surface area contributed by atoms with E-state index in [9.17, 15) is 18.0 Å². The zero-order valence-corrected chi connectivity index (χ0v) is 22.2. The monoisotopic (exact) mass is 527 g/mol. The van der Waals surface area contributed by atoms with Crippen LogP contribution >= 0.6 is 23.2 Å². The van der Waals surface area contributed by atoms with Crippen molar-refractivity contribution in [2.24, 2.45) is 0 Å². The third-order valence-corrected chi connectivity index (χ3v) is 7.17. The van der Waals surface area contributed by atoms with Gasteiger partial charge in [-0.05, 0) is 43.5 Å². The van der Waals surface area contributed by atoms with Crippen molar-refractivity contribution in [3.63, 3.8) is 0 Å². The zero-order valence-electron chi connectivity index (χ0n) is 19.8. The van der Waals surface area contributed by atoms with Crippen LogP contribution in [0.2, 0.25) is 10.0 Å². The van der Waals surface area contributed by atoms with Crippen LogP contribution < -0.4 is 9.62 Å². The zero-order chi connectivity index (χ0) is 25.5. The number of aryl methyl sites for hydroxylation is 1. The van der Waals surface area contributed by atoms with Gasteiger partial charge in [0.1, 0.15) is 6.04 Å². The number of sulfonamides is 1. The Morgan fingerprint density at radius 2 is 1.74 bits per heavy atom. The van der Waals surface area contributed by atoms with E-state index in [0.29, 0.717) is 11.4 Å². The molecule has 0 aliphatic carbocycles. The molecule has 0 aliphatic rings. The average Bonchev–Trinajstić information content (AvgIpc) is 2.78. The Balaban J connectivity index is 2.21. The molecule has 34 heavy (non-hydrogen) atoms. The minimum Gasteiger partial charge on any atom is -0.357 e. The number of carbonyl (C=O) groups excluding carboxylic acids is 2. The van der Waals surface area contributed by atoms with Crippen molar-refractivity contribution in [1.82, 2.24) is 10.2 Å². The Morgan fingerprint density at radius 3 is 2.29 bits per heavy atom. The number of carbonyl (C=O) groups is 2. The number of likely N-dealkylation sites (N-methyl/N-ethyl adjacent to an activating group) is 1. The maximum atomic E-state index is 13.3. The van der Waals surface area contributed by atoms with Crippen LogP contribution in [-0.4, -0.2) is 51.0 Å². The molecule has 2 aromatic carbocycles. The number of anilines is 1. The number of nitrogens with zero attached hydrogens (tertiary/aromatic N) is 2. The maximum Gasteiger partial charge on any atom is 0.242 e. The molecule has 0 radical (unpaired) electrons. The van der Waals surface area contributed by atoms with Gasteiger partial charge < -0.3 is 10.2 Å². The van der Waals surface area contributed by atoms with Crippen molar-refractivity contribution in [3.05, 3.63) is 63.6 Å². The normalized spacial score (nSPS) is 12.2. The highest BCUT2D eigenvalue weighted by Crippen LogP contribution is 2.31. The second-order valence-corrected chi connectivity index (χ2v) is 10.8. The van der Waals surface area contributed by atoms with Crippen LogP contribution in [0.3, 0.4) is 0 Å². The molecule has 0 saturated carbocycles. The molecule has 1 unspecified atom stereocenters. The minimum absolute atomic E-state index is 0.0414. The second kappa shape index (κ2) is 12.4. The van der Waals surface area contributed by atoms with Crippen LogP contribution in [0.5, 0.6) is 0 Å².